The molecule has 0 spiro atoms. The lowest BCUT2D eigenvalue weighted by atomic mass is 10.2. The monoisotopic (exact) mass is 216 g/mol. The SMILES string of the molecule is O=C(Oc1ccccc1F)c1ccccc1. The summed E-state index contributed by atoms with van der Waals surface area (Å²) in [6.45, 7) is 0. The van der Waals surface area contributed by atoms with Crippen LogP contribution >= 0.6 is 0 Å². The van der Waals surface area contributed by atoms with Crippen molar-refractivity contribution >= 4 is 5.97 Å². The molecule has 0 saturated carbocycles. The second kappa shape index (κ2) is 4.57. The molecule has 0 saturated heterocycles. The number of carbonyl (C=O) groups excluding carboxylic acids is 1. The van der Waals surface area contributed by atoms with Gasteiger partial charge in [-0.15, -0.1) is 0 Å². The van der Waals surface area contributed by atoms with Crippen LogP contribution in [0.5, 0.6) is 5.75 Å². The van der Waals surface area contributed by atoms with Crippen molar-refractivity contribution in [1.82, 2.24) is 0 Å². The van der Waals surface area contributed by atoms with Gasteiger partial charge < -0.3 is 4.74 Å². The highest BCUT2D eigenvalue weighted by Crippen LogP contribution is 2.16. The van der Waals surface area contributed by atoms with E-state index in [0.29, 0.717) is 5.56 Å². The smallest absolute Gasteiger partial charge is 0.343 e. The summed E-state index contributed by atoms with van der Waals surface area (Å²) in [4.78, 5) is 11.6. The van der Waals surface area contributed by atoms with E-state index in [0.717, 1.165) is 0 Å². The van der Waals surface area contributed by atoms with Crippen molar-refractivity contribution in [3.8, 4) is 5.75 Å². The zero-order valence-corrected chi connectivity index (χ0v) is 8.39. The molecule has 0 atom stereocenters. The minimum atomic E-state index is -0.564. The second-order valence-corrected chi connectivity index (χ2v) is 3.19. The summed E-state index contributed by atoms with van der Waals surface area (Å²) < 4.78 is 18.1. The lowest BCUT2D eigenvalue weighted by molar-refractivity contribution is 0.0728. The molecule has 0 aliphatic rings. The van der Waals surface area contributed by atoms with E-state index in [-0.39, 0.29) is 5.75 Å². The Labute approximate surface area is 92.3 Å². The molecule has 0 bridgehead atoms. The zero-order chi connectivity index (χ0) is 11.4. The summed E-state index contributed by atoms with van der Waals surface area (Å²) in [6, 6.07) is 14.3. The number of carbonyl (C=O) groups is 1. The fraction of sp³-hybridized carbons (Fsp3) is 0. The minimum Gasteiger partial charge on any atom is -0.420 e. The van der Waals surface area contributed by atoms with E-state index in [1.807, 2.05) is 0 Å². The Hall–Kier alpha value is -2.16. The Bertz CT molecular complexity index is 494. The van der Waals surface area contributed by atoms with Crippen molar-refractivity contribution in [1.29, 1.82) is 0 Å². The number of benzene rings is 2. The number of hydrogen-bond acceptors (Lipinski definition) is 2. The van der Waals surface area contributed by atoms with Crippen molar-refractivity contribution in [2.24, 2.45) is 0 Å². The second-order valence-electron chi connectivity index (χ2n) is 3.19. The molecule has 3 heteroatoms. The van der Waals surface area contributed by atoms with E-state index < -0.39 is 11.8 Å². The van der Waals surface area contributed by atoms with Crippen molar-refractivity contribution < 1.29 is 13.9 Å². The summed E-state index contributed by atoms with van der Waals surface area (Å²) in [5.74, 6) is -1.17. The van der Waals surface area contributed by atoms with E-state index >= 15 is 0 Å². The van der Waals surface area contributed by atoms with Gasteiger partial charge in [-0.05, 0) is 24.3 Å². The first-order valence-electron chi connectivity index (χ1n) is 4.79. The predicted octanol–water partition coefficient (Wildman–Crippen LogP) is 3.04. The molecule has 0 heterocycles. The van der Waals surface area contributed by atoms with Gasteiger partial charge in [0.1, 0.15) is 0 Å². The molecule has 2 nitrogen and oxygen atoms in total. The maximum absolute atomic E-state index is 13.2. The fourth-order valence-corrected chi connectivity index (χ4v) is 1.26. The topological polar surface area (TPSA) is 26.3 Å². The molecule has 2 rings (SSSR count). The highest BCUT2D eigenvalue weighted by atomic mass is 19.1. The lowest BCUT2D eigenvalue weighted by Crippen LogP contribution is -2.09. The molecule has 80 valence electrons. The molecule has 0 aromatic heterocycles. The first kappa shape index (κ1) is 10.4. The largest absolute Gasteiger partial charge is 0.420 e. The Balaban J connectivity index is 2.18. The third kappa shape index (κ3) is 2.25. The molecule has 2 aromatic rings. The van der Waals surface area contributed by atoms with E-state index in [4.69, 9.17) is 4.74 Å². The first-order valence-corrected chi connectivity index (χ1v) is 4.79. The number of hydrogen-bond donors (Lipinski definition) is 0. The van der Waals surface area contributed by atoms with Crippen LogP contribution in [0.3, 0.4) is 0 Å². The average Bonchev–Trinajstić information content (AvgIpc) is 2.33. The number of para-hydroxylation sites is 1. The van der Waals surface area contributed by atoms with Gasteiger partial charge in [-0.2, -0.15) is 0 Å². The summed E-state index contributed by atoms with van der Waals surface area (Å²) >= 11 is 0. The molecule has 0 fully saturated rings. The Morgan fingerprint density at radius 3 is 2.25 bits per heavy atom. The Kier molecular flexibility index (Phi) is 2.96. The average molecular weight is 216 g/mol. The fourth-order valence-electron chi connectivity index (χ4n) is 1.26. The standard InChI is InChI=1S/C13H9FO2/c14-11-8-4-5-9-12(11)16-13(15)10-6-2-1-3-7-10/h1-9H. The number of halogens is 1. The van der Waals surface area contributed by atoms with Crippen molar-refractivity contribution in [3.05, 3.63) is 66.0 Å². The molecule has 0 radical (unpaired) electrons. The van der Waals surface area contributed by atoms with Crippen LogP contribution in [0.25, 0.3) is 0 Å². The summed E-state index contributed by atoms with van der Waals surface area (Å²) in [5, 5.41) is 0. The van der Waals surface area contributed by atoms with Gasteiger partial charge >= 0.3 is 5.97 Å². The van der Waals surface area contributed by atoms with Crippen LogP contribution in [-0.2, 0) is 0 Å². The quantitative estimate of drug-likeness (QED) is 0.569. The van der Waals surface area contributed by atoms with Crippen LogP contribution in [0.15, 0.2) is 54.6 Å². The van der Waals surface area contributed by atoms with E-state index in [1.54, 1.807) is 36.4 Å². The van der Waals surface area contributed by atoms with E-state index in [9.17, 15) is 9.18 Å². The van der Waals surface area contributed by atoms with Crippen LogP contribution in [-0.4, -0.2) is 5.97 Å². The van der Waals surface area contributed by atoms with Gasteiger partial charge in [-0.1, -0.05) is 30.3 Å². The molecule has 0 amide bonds. The summed E-state index contributed by atoms with van der Waals surface area (Å²) in [5.41, 5.74) is 0.394. The summed E-state index contributed by atoms with van der Waals surface area (Å²) in [6.07, 6.45) is 0. The number of esters is 1. The normalized spacial score (nSPS) is 9.81. The van der Waals surface area contributed by atoms with Crippen LogP contribution < -0.4 is 4.74 Å². The maximum Gasteiger partial charge on any atom is 0.343 e. The van der Waals surface area contributed by atoms with Gasteiger partial charge in [-0.3, -0.25) is 0 Å². The first-order chi connectivity index (χ1) is 7.77. The Morgan fingerprint density at radius 1 is 0.938 bits per heavy atom. The lowest BCUT2D eigenvalue weighted by Gasteiger charge is -2.04. The van der Waals surface area contributed by atoms with Crippen LogP contribution in [0.2, 0.25) is 0 Å². The summed E-state index contributed by atoms with van der Waals surface area (Å²) in [7, 11) is 0. The molecular formula is C13H9FO2. The molecule has 0 aliphatic heterocycles. The van der Waals surface area contributed by atoms with Gasteiger partial charge in [-0.25, -0.2) is 9.18 Å². The van der Waals surface area contributed by atoms with Crippen LogP contribution in [0.1, 0.15) is 10.4 Å². The molecule has 0 N–H and O–H groups in total. The third-order valence-electron chi connectivity index (χ3n) is 2.05. The van der Waals surface area contributed by atoms with Crippen molar-refractivity contribution in [3.63, 3.8) is 0 Å². The van der Waals surface area contributed by atoms with E-state index in [1.165, 1.54) is 18.2 Å². The van der Waals surface area contributed by atoms with Gasteiger partial charge in [0.15, 0.2) is 11.6 Å². The van der Waals surface area contributed by atoms with Crippen molar-refractivity contribution in [2.75, 3.05) is 0 Å². The van der Waals surface area contributed by atoms with Gasteiger partial charge in [0.05, 0.1) is 5.56 Å². The van der Waals surface area contributed by atoms with Gasteiger partial charge in [0.2, 0.25) is 0 Å². The third-order valence-corrected chi connectivity index (χ3v) is 2.05. The maximum atomic E-state index is 13.2. The zero-order valence-electron chi connectivity index (χ0n) is 8.39. The highest BCUT2D eigenvalue weighted by molar-refractivity contribution is 5.90. The molecule has 0 aliphatic carbocycles. The molecule has 0 unspecified atom stereocenters. The number of ether oxygens (including phenoxy) is 1. The van der Waals surface area contributed by atoms with E-state index in [2.05, 4.69) is 0 Å². The molecule has 2 aromatic carbocycles. The van der Waals surface area contributed by atoms with Crippen molar-refractivity contribution in [2.45, 2.75) is 0 Å². The highest BCUT2D eigenvalue weighted by Gasteiger charge is 2.10. The van der Waals surface area contributed by atoms with Gasteiger partial charge in [0.25, 0.3) is 0 Å². The number of rotatable bonds is 2. The van der Waals surface area contributed by atoms with Crippen LogP contribution in [0.4, 0.5) is 4.39 Å². The van der Waals surface area contributed by atoms with Gasteiger partial charge in [0, 0.05) is 0 Å². The Morgan fingerprint density at radius 2 is 1.56 bits per heavy atom. The molecule has 16 heavy (non-hydrogen) atoms. The minimum absolute atomic E-state index is 0.0589. The predicted molar refractivity (Wildman–Crippen MR) is 57.8 cm³/mol. The van der Waals surface area contributed by atoms with Crippen LogP contribution in [0, 0.1) is 5.82 Å². The molecular weight excluding hydrogens is 207 g/mol.